The Bertz CT molecular complexity index is 1000. The van der Waals surface area contributed by atoms with Gasteiger partial charge in [-0.25, -0.2) is 0 Å². The Morgan fingerprint density at radius 1 is 1.00 bits per heavy atom. The van der Waals surface area contributed by atoms with Gasteiger partial charge in [-0.3, -0.25) is 0 Å². The van der Waals surface area contributed by atoms with Crippen molar-refractivity contribution < 1.29 is 13.2 Å². The van der Waals surface area contributed by atoms with Crippen molar-refractivity contribution in [3.8, 4) is 0 Å². The molecule has 158 valence electrons. The number of fused-ring (bicyclic) bond motifs is 1. The van der Waals surface area contributed by atoms with Crippen LogP contribution in [0.25, 0.3) is 10.8 Å². The van der Waals surface area contributed by atoms with Crippen LogP contribution < -0.4 is 5.32 Å². The zero-order chi connectivity index (χ0) is 21.1. The summed E-state index contributed by atoms with van der Waals surface area (Å²) in [5, 5.41) is 6.28. The first-order chi connectivity index (χ1) is 14.5. The molecule has 0 spiro atoms. The zero-order valence-electron chi connectivity index (χ0n) is 17.3. The lowest BCUT2D eigenvalue weighted by molar-refractivity contribution is -0.137. The van der Waals surface area contributed by atoms with E-state index in [2.05, 4.69) is 48.6 Å². The molecule has 3 aromatic carbocycles. The maximum absolute atomic E-state index is 12.9. The molecule has 1 fully saturated rings. The number of alkyl halides is 3. The number of halogens is 3. The van der Waals surface area contributed by atoms with Crippen LogP contribution in [0, 0.1) is 0 Å². The maximum Gasteiger partial charge on any atom is 0.416 e. The van der Waals surface area contributed by atoms with Gasteiger partial charge in [0.05, 0.1) is 5.56 Å². The number of hydrogen-bond donors (Lipinski definition) is 1. The fourth-order valence-electron chi connectivity index (χ4n) is 4.37. The molecule has 1 aliphatic rings. The van der Waals surface area contributed by atoms with Crippen LogP contribution in [0.15, 0.2) is 60.7 Å². The summed E-state index contributed by atoms with van der Waals surface area (Å²) in [6, 6.07) is 19.0. The summed E-state index contributed by atoms with van der Waals surface area (Å²) in [4.78, 5) is 0. The van der Waals surface area contributed by atoms with Gasteiger partial charge in [-0.15, -0.1) is 0 Å². The molecule has 0 bridgehead atoms. The fourth-order valence-corrected chi connectivity index (χ4v) is 4.37. The Kier molecular flexibility index (Phi) is 6.14. The molecular formula is C26H28F3N. The Balaban J connectivity index is 1.45. The highest BCUT2D eigenvalue weighted by Gasteiger charge is 2.30. The summed E-state index contributed by atoms with van der Waals surface area (Å²) in [6.45, 7) is 2.98. The molecule has 0 amide bonds. The lowest BCUT2D eigenvalue weighted by Gasteiger charge is -2.23. The van der Waals surface area contributed by atoms with E-state index in [9.17, 15) is 13.2 Å². The number of hydrogen-bond acceptors (Lipinski definition) is 1. The predicted molar refractivity (Wildman–Crippen MR) is 117 cm³/mol. The van der Waals surface area contributed by atoms with E-state index in [1.165, 1.54) is 46.9 Å². The van der Waals surface area contributed by atoms with Crippen LogP contribution in [0.3, 0.4) is 0 Å². The average Bonchev–Trinajstić information content (AvgIpc) is 3.58. The predicted octanol–water partition coefficient (Wildman–Crippen LogP) is 7.41. The minimum Gasteiger partial charge on any atom is -0.310 e. The Labute approximate surface area is 176 Å². The van der Waals surface area contributed by atoms with E-state index in [4.69, 9.17) is 0 Å². The van der Waals surface area contributed by atoms with Crippen LogP contribution in [0.1, 0.15) is 66.8 Å². The van der Waals surface area contributed by atoms with Crippen LogP contribution in [-0.4, -0.2) is 6.54 Å². The monoisotopic (exact) mass is 411 g/mol. The Hall–Kier alpha value is -2.33. The highest BCUT2D eigenvalue weighted by Crippen LogP contribution is 2.45. The molecule has 0 radical (unpaired) electrons. The third-order valence-electron chi connectivity index (χ3n) is 6.07. The van der Waals surface area contributed by atoms with Gasteiger partial charge in [0.1, 0.15) is 0 Å². The van der Waals surface area contributed by atoms with Crippen molar-refractivity contribution in [3.63, 3.8) is 0 Å². The van der Waals surface area contributed by atoms with Crippen molar-refractivity contribution in [1.29, 1.82) is 0 Å². The molecule has 4 heteroatoms. The van der Waals surface area contributed by atoms with Gasteiger partial charge in [0.15, 0.2) is 0 Å². The molecule has 1 atom stereocenters. The molecule has 3 aromatic rings. The topological polar surface area (TPSA) is 12.0 Å². The van der Waals surface area contributed by atoms with Gasteiger partial charge in [0, 0.05) is 6.04 Å². The van der Waals surface area contributed by atoms with Gasteiger partial charge < -0.3 is 5.32 Å². The van der Waals surface area contributed by atoms with E-state index >= 15 is 0 Å². The molecule has 0 unspecified atom stereocenters. The van der Waals surface area contributed by atoms with Crippen LogP contribution in [-0.2, 0) is 12.6 Å². The SMILES string of the molecule is CC[C@@H](NCCCc1cccc(C(F)(F)F)c1)c1c(C2CC2)ccc2ccccc12. The third kappa shape index (κ3) is 4.70. The number of rotatable bonds is 8. The van der Waals surface area contributed by atoms with Crippen molar-refractivity contribution in [2.75, 3.05) is 6.54 Å². The zero-order valence-corrected chi connectivity index (χ0v) is 17.3. The van der Waals surface area contributed by atoms with Gasteiger partial charge >= 0.3 is 6.18 Å². The molecule has 30 heavy (non-hydrogen) atoms. The minimum atomic E-state index is -4.28. The lowest BCUT2D eigenvalue weighted by atomic mass is 9.90. The molecule has 0 aliphatic heterocycles. The standard InChI is InChI=1S/C26H28F3N/c1-2-24(30-16-6-8-18-7-5-10-21(17-18)26(27,28)29)25-22-11-4-3-9-19(22)14-15-23(25)20-12-13-20/h3-5,7,9-11,14-15,17,20,24,30H,2,6,8,12-13,16H2,1H3/t24-/m1/s1. The highest BCUT2D eigenvalue weighted by molar-refractivity contribution is 5.87. The summed E-state index contributed by atoms with van der Waals surface area (Å²) < 4.78 is 38.8. The molecule has 1 N–H and O–H groups in total. The average molecular weight is 412 g/mol. The van der Waals surface area contributed by atoms with Crippen LogP contribution in [0.4, 0.5) is 13.2 Å². The molecule has 0 aromatic heterocycles. The Morgan fingerprint density at radius 3 is 2.53 bits per heavy atom. The second-order valence-electron chi connectivity index (χ2n) is 8.28. The number of aryl methyl sites for hydroxylation is 1. The second kappa shape index (κ2) is 8.81. The smallest absolute Gasteiger partial charge is 0.310 e. The van der Waals surface area contributed by atoms with Crippen LogP contribution >= 0.6 is 0 Å². The van der Waals surface area contributed by atoms with Crippen LogP contribution in [0.2, 0.25) is 0 Å². The molecule has 1 aliphatic carbocycles. The number of nitrogens with one attached hydrogen (secondary N) is 1. The first kappa shape index (κ1) is 20.9. The van der Waals surface area contributed by atoms with E-state index in [1.54, 1.807) is 6.07 Å². The van der Waals surface area contributed by atoms with E-state index in [0.29, 0.717) is 12.3 Å². The summed E-state index contributed by atoms with van der Waals surface area (Å²) in [7, 11) is 0. The normalized spacial score (nSPS) is 15.5. The van der Waals surface area contributed by atoms with Gasteiger partial charge in [0.2, 0.25) is 0 Å². The van der Waals surface area contributed by atoms with Gasteiger partial charge in [-0.2, -0.15) is 13.2 Å². The minimum absolute atomic E-state index is 0.258. The fraction of sp³-hybridized carbons (Fsp3) is 0.385. The summed E-state index contributed by atoms with van der Waals surface area (Å²) in [6.07, 6.45) is 0.667. The summed E-state index contributed by atoms with van der Waals surface area (Å²) >= 11 is 0. The first-order valence-corrected chi connectivity index (χ1v) is 10.9. The molecule has 1 nitrogen and oxygen atoms in total. The van der Waals surface area contributed by atoms with E-state index in [-0.39, 0.29) is 6.04 Å². The second-order valence-corrected chi connectivity index (χ2v) is 8.28. The summed E-state index contributed by atoms with van der Waals surface area (Å²) in [5.41, 5.74) is 3.05. The lowest BCUT2D eigenvalue weighted by Crippen LogP contribution is -2.23. The Morgan fingerprint density at radius 2 is 1.80 bits per heavy atom. The molecule has 4 rings (SSSR count). The van der Waals surface area contributed by atoms with E-state index in [0.717, 1.165) is 31.0 Å². The van der Waals surface area contributed by atoms with Crippen molar-refractivity contribution in [1.82, 2.24) is 5.32 Å². The van der Waals surface area contributed by atoms with E-state index in [1.807, 2.05) is 0 Å². The van der Waals surface area contributed by atoms with Crippen molar-refractivity contribution >= 4 is 10.8 Å². The van der Waals surface area contributed by atoms with Gasteiger partial charge in [0.25, 0.3) is 0 Å². The molecule has 0 saturated heterocycles. The van der Waals surface area contributed by atoms with Crippen LogP contribution in [0.5, 0.6) is 0 Å². The van der Waals surface area contributed by atoms with E-state index < -0.39 is 11.7 Å². The molecule has 0 heterocycles. The maximum atomic E-state index is 12.9. The quantitative estimate of drug-likeness (QED) is 0.381. The van der Waals surface area contributed by atoms with Gasteiger partial charge in [-0.1, -0.05) is 61.5 Å². The molecular weight excluding hydrogens is 383 g/mol. The van der Waals surface area contributed by atoms with Crippen molar-refractivity contribution in [3.05, 3.63) is 82.9 Å². The van der Waals surface area contributed by atoms with Crippen molar-refractivity contribution in [2.24, 2.45) is 0 Å². The highest BCUT2D eigenvalue weighted by atomic mass is 19.4. The summed E-state index contributed by atoms with van der Waals surface area (Å²) in [5.74, 6) is 0.672. The van der Waals surface area contributed by atoms with Crippen molar-refractivity contribution in [2.45, 2.75) is 57.2 Å². The first-order valence-electron chi connectivity index (χ1n) is 10.9. The van der Waals surface area contributed by atoms with Gasteiger partial charge in [-0.05, 0) is 78.1 Å². The molecule has 1 saturated carbocycles. The number of benzene rings is 3. The third-order valence-corrected chi connectivity index (χ3v) is 6.07. The largest absolute Gasteiger partial charge is 0.416 e.